The first kappa shape index (κ1) is 30.9. The molecule has 2 saturated heterocycles. The number of methoxy groups -OCH3 is 1. The molecule has 0 aliphatic carbocycles. The lowest BCUT2D eigenvalue weighted by molar-refractivity contribution is -0.184. The third-order valence-electron chi connectivity index (χ3n) is 9.87. The van der Waals surface area contributed by atoms with Crippen LogP contribution < -0.4 is 24.3 Å². The van der Waals surface area contributed by atoms with E-state index in [-0.39, 0.29) is 36.9 Å². The first-order valence-corrected chi connectivity index (χ1v) is 16.3. The fourth-order valence-electron chi connectivity index (χ4n) is 8.12. The third-order valence-corrected chi connectivity index (χ3v) is 11.3. The number of nitrogens with zero attached hydrogens (tertiary/aromatic N) is 2. The molecule has 2 unspecified atom stereocenters. The van der Waals surface area contributed by atoms with Crippen LogP contribution in [0.1, 0.15) is 64.6 Å². The molecule has 2 aromatic rings. The van der Waals surface area contributed by atoms with E-state index in [0.29, 0.717) is 51.7 Å². The molecule has 5 aliphatic rings. The van der Waals surface area contributed by atoms with Gasteiger partial charge in [0.2, 0.25) is 12.7 Å². The van der Waals surface area contributed by atoms with E-state index in [4.69, 9.17) is 23.7 Å². The highest BCUT2D eigenvalue weighted by Crippen LogP contribution is 2.63. The van der Waals surface area contributed by atoms with E-state index in [0.717, 1.165) is 11.1 Å². The number of aromatic hydroxyl groups is 1. The minimum absolute atomic E-state index is 0.0342. The van der Waals surface area contributed by atoms with Crippen LogP contribution in [0.5, 0.6) is 28.7 Å². The number of thioether (sulfide) groups is 1. The molecular formula is C32H37N3O10S. The van der Waals surface area contributed by atoms with Crippen LogP contribution in [0.3, 0.4) is 0 Å². The zero-order chi connectivity index (χ0) is 32.8. The van der Waals surface area contributed by atoms with Gasteiger partial charge in [-0.1, -0.05) is 6.07 Å². The zero-order valence-corrected chi connectivity index (χ0v) is 27.2. The summed E-state index contributed by atoms with van der Waals surface area (Å²) in [6, 6.07) is -1.08. The van der Waals surface area contributed by atoms with Gasteiger partial charge in [0.15, 0.2) is 23.0 Å². The predicted octanol–water partition coefficient (Wildman–Crippen LogP) is 2.16. The number of carbonyl (C=O) groups excluding carboxylic acids is 3. The first-order valence-electron chi connectivity index (χ1n) is 15.2. The number of amides is 1. The Kier molecular flexibility index (Phi) is 7.54. The summed E-state index contributed by atoms with van der Waals surface area (Å²) in [7, 11) is 3.45. The summed E-state index contributed by atoms with van der Waals surface area (Å²) >= 11 is 1.38. The fourth-order valence-corrected chi connectivity index (χ4v) is 9.63. The summed E-state index contributed by atoms with van der Waals surface area (Å²) in [4.78, 5) is 42.1. The second-order valence-corrected chi connectivity index (χ2v) is 13.6. The summed E-state index contributed by atoms with van der Waals surface area (Å²) < 4.78 is 29.4. The van der Waals surface area contributed by atoms with E-state index in [1.165, 1.54) is 32.7 Å². The van der Waals surface area contributed by atoms with Crippen molar-refractivity contribution >= 4 is 29.6 Å². The summed E-state index contributed by atoms with van der Waals surface area (Å²) in [6.45, 7) is 6.10. The van der Waals surface area contributed by atoms with Gasteiger partial charge in [0.25, 0.3) is 0 Å². The monoisotopic (exact) mass is 655 g/mol. The van der Waals surface area contributed by atoms with Gasteiger partial charge in [-0.05, 0) is 38.4 Å². The minimum Gasteiger partial charge on any atom is -0.504 e. The SMILES string of the molecule is COc1c(C)cc2c(c1O)[C@@H]1C3[C@@H]4SCC(NC(C)=O)C(=O)OC[C@@H](c5c6c(c(C)c(OC(C)=O)c54)OCO6)N3[C@@H](O)[C@H](C2)N1C. The van der Waals surface area contributed by atoms with Crippen LogP contribution in [0.15, 0.2) is 6.07 Å². The van der Waals surface area contributed by atoms with E-state index >= 15 is 0 Å². The lowest BCUT2D eigenvalue weighted by Crippen LogP contribution is -2.69. The number of esters is 2. The van der Waals surface area contributed by atoms with Crippen LogP contribution in [-0.2, 0) is 25.5 Å². The van der Waals surface area contributed by atoms with E-state index in [1.54, 1.807) is 6.92 Å². The Morgan fingerprint density at radius 3 is 2.52 bits per heavy atom. The number of aliphatic hydroxyl groups is 1. The number of benzene rings is 2. The van der Waals surface area contributed by atoms with Crippen molar-refractivity contribution in [3.05, 3.63) is 39.4 Å². The number of ether oxygens (including phenoxy) is 5. The standard InChI is InChI=1S/C32H37N3O10S/c1-12-7-16-8-18-31(39)35-19-9-42-32(40)17(33-14(3)36)10-46-30(24(35)23(34(18)5)20(16)25(38)26(12)41-6)22-21(19)29-28(43-11-44-29)13(2)27(22)45-15(4)37/h7,17-19,23-24,30-31,38-39H,8-11H2,1-6H3,(H,33,36)/t17?,18-,19-,23+,24?,30+,31-/m0/s1. The molecule has 7 atom stereocenters. The van der Waals surface area contributed by atoms with Gasteiger partial charge in [-0.2, -0.15) is 0 Å². The molecule has 14 heteroatoms. The molecule has 2 aromatic carbocycles. The number of piperazine rings is 1. The smallest absolute Gasteiger partial charge is 0.329 e. The number of cyclic esters (lactones) is 1. The molecule has 1 amide bonds. The van der Waals surface area contributed by atoms with Gasteiger partial charge < -0.3 is 39.2 Å². The first-order chi connectivity index (χ1) is 21.9. The number of likely N-dealkylation sites (N-methyl/N-ethyl adjacent to an activating group) is 1. The van der Waals surface area contributed by atoms with Crippen LogP contribution >= 0.6 is 11.8 Å². The summed E-state index contributed by atoms with van der Waals surface area (Å²) in [5.41, 5.74) is 4.24. The lowest BCUT2D eigenvalue weighted by Gasteiger charge is -2.62. The van der Waals surface area contributed by atoms with Crippen molar-refractivity contribution < 1.29 is 48.3 Å². The number of rotatable bonds is 3. The molecule has 7 rings (SSSR count). The van der Waals surface area contributed by atoms with Crippen LogP contribution in [-0.4, -0.2) is 95.5 Å². The molecule has 2 fully saturated rings. The molecule has 0 spiro atoms. The van der Waals surface area contributed by atoms with Crippen molar-refractivity contribution in [2.75, 3.05) is 33.3 Å². The molecule has 0 aromatic heterocycles. The molecule has 4 bridgehead atoms. The Balaban J connectivity index is 1.52. The van der Waals surface area contributed by atoms with Gasteiger partial charge in [0.05, 0.1) is 30.5 Å². The van der Waals surface area contributed by atoms with Crippen LogP contribution in [0, 0.1) is 13.8 Å². The van der Waals surface area contributed by atoms with Crippen LogP contribution in [0.25, 0.3) is 0 Å². The molecule has 0 radical (unpaired) electrons. The Morgan fingerprint density at radius 2 is 1.83 bits per heavy atom. The van der Waals surface area contributed by atoms with E-state index in [1.807, 2.05) is 24.9 Å². The number of carbonyl (C=O) groups is 3. The number of hydrogen-bond acceptors (Lipinski definition) is 13. The number of phenols is 1. The van der Waals surface area contributed by atoms with Gasteiger partial charge in [-0.25, -0.2) is 4.79 Å². The van der Waals surface area contributed by atoms with E-state index < -0.39 is 47.6 Å². The number of aryl methyl sites for hydroxylation is 1. The average molecular weight is 656 g/mol. The highest BCUT2D eigenvalue weighted by molar-refractivity contribution is 7.99. The Labute approximate surface area is 270 Å². The maximum Gasteiger partial charge on any atom is 0.329 e. The Morgan fingerprint density at radius 1 is 1.09 bits per heavy atom. The molecule has 5 heterocycles. The highest BCUT2D eigenvalue weighted by Gasteiger charge is 2.60. The highest BCUT2D eigenvalue weighted by atomic mass is 32.2. The number of nitrogens with one attached hydrogen (secondary N) is 1. The van der Waals surface area contributed by atoms with Gasteiger partial charge in [0.1, 0.15) is 24.6 Å². The van der Waals surface area contributed by atoms with Gasteiger partial charge in [-0.15, -0.1) is 11.8 Å². The quantitative estimate of drug-likeness (QED) is 0.327. The van der Waals surface area contributed by atoms with Gasteiger partial charge >= 0.3 is 11.9 Å². The number of hydrogen-bond donors (Lipinski definition) is 3. The van der Waals surface area contributed by atoms with Crippen molar-refractivity contribution in [3.63, 3.8) is 0 Å². The number of fused-ring (bicyclic) bond motifs is 9. The normalized spacial score (nSPS) is 29.6. The van der Waals surface area contributed by atoms with Crippen molar-refractivity contribution in [1.82, 2.24) is 15.1 Å². The molecule has 13 nitrogen and oxygen atoms in total. The fraction of sp³-hybridized carbons (Fsp3) is 0.531. The third kappa shape index (κ3) is 4.44. The topological polar surface area (TPSA) is 156 Å². The summed E-state index contributed by atoms with van der Waals surface area (Å²) in [5.74, 6) is 0.223. The molecule has 246 valence electrons. The van der Waals surface area contributed by atoms with Crippen molar-refractivity contribution in [3.8, 4) is 28.7 Å². The number of phenolic OH excluding ortho intramolecular Hbond substituents is 1. The average Bonchev–Trinajstić information content (AvgIpc) is 3.48. The zero-order valence-electron chi connectivity index (χ0n) is 26.4. The Hall–Kier alpha value is -3.72. The molecule has 0 saturated carbocycles. The predicted molar refractivity (Wildman–Crippen MR) is 164 cm³/mol. The lowest BCUT2D eigenvalue weighted by atomic mass is 9.73. The van der Waals surface area contributed by atoms with E-state index in [2.05, 4.69) is 10.2 Å². The Bertz CT molecular complexity index is 1670. The van der Waals surface area contributed by atoms with Gasteiger partial charge in [-0.3, -0.25) is 19.4 Å². The van der Waals surface area contributed by atoms with Crippen molar-refractivity contribution in [2.24, 2.45) is 0 Å². The van der Waals surface area contributed by atoms with E-state index in [9.17, 15) is 24.6 Å². The largest absolute Gasteiger partial charge is 0.504 e. The van der Waals surface area contributed by atoms with Crippen LogP contribution in [0.2, 0.25) is 0 Å². The van der Waals surface area contributed by atoms with Crippen molar-refractivity contribution in [2.45, 2.75) is 75.8 Å². The maximum atomic E-state index is 13.3. The summed E-state index contributed by atoms with van der Waals surface area (Å²) in [6.07, 6.45) is -0.567. The summed E-state index contributed by atoms with van der Waals surface area (Å²) in [5, 5.41) is 26.2. The molecule has 3 N–H and O–H groups in total. The number of aliphatic hydroxyl groups excluding tert-OH is 1. The van der Waals surface area contributed by atoms with Crippen LogP contribution in [0.4, 0.5) is 0 Å². The molecule has 5 aliphatic heterocycles. The minimum atomic E-state index is -1.02. The van der Waals surface area contributed by atoms with Crippen molar-refractivity contribution in [1.29, 1.82) is 0 Å². The second kappa shape index (κ2) is 11.2. The second-order valence-electron chi connectivity index (χ2n) is 12.5. The molecule has 46 heavy (non-hydrogen) atoms. The van der Waals surface area contributed by atoms with Gasteiger partial charge in [0, 0.05) is 47.9 Å². The maximum absolute atomic E-state index is 13.3. The molecular weight excluding hydrogens is 618 g/mol.